The Morgan fingerprint density at radius 3 is 2.55 bits per heavy atom. The first-order valence-corrected chi connectivity index (χ1v) is 5.83. The molecule has 20 heavy (non-hydrogen) atoms. The van der Waals surface area contributed by atoms with Crippen LogP contribution in [0, 0.1) is 0 Å². The summed E-state index contributed by atoms with van der Waals surface area (Å²) in [5.74, 6) is 0.378. The van der Waals surface area contributed by atoms with E-state index < -0.39 is 12.6 Å². The van der Waals surface area contributed by atoms with Gasteiger partial charge >= 0.3 is 6.18 Å². The van der Waals surface area contributed by atoms with E-state index in [1.807, 2.05) is 0 Å². The molecule has 0 aliphatic carbocycles. The number of halogens is 3. The van der Waals surface area contributed by atoms with Gasteiger partial charge in [-0.2, -0.15) is 18.2 Å². The van der Waals surface area contributed by atoms with Crippen LogP contribution in [0.15, 0.2) is 28.8 Å². The van der Waals surface area contributed by atoms with Crippen LogP contribution in [-0.4, -0.2) is 21.4 Å². The minimum absolute atomic E-state index is 0.0323. The number of alkyl halides is 3. The van der Waals surface area contributed by atoms with E-state index in [1.165, 1.54) is 12.1 Å². The highest BCUT2D eigenvalue weighted by molar-refractivity contribution is 5.45. The monoisotopic (exact) mass is 287 g/mol. The molecule has 5 nitrogen and oxygen atoms in total. The molecule has 1 aromatic heterocycles. The fourth-order valence-electron chi connectivity index (χ4n) is 1.47. The minimum atomic E-state index is -4.23. The van der Waals surface area contributed by atoms with Crippen molar-refractivity contribution < 1.29 is 22.8 Å². The standard InChI is InChI=1S/C12H12F3N3O2/c13-12(14,15)6-5-10-17-11(20-18-10)7-16-8-1-3-9(19)4-2-8/h1-4,16,19H,5-7H2. The summed E-state index contributed by atoms with van der Waals surface area (Å²) in [4.78, 5) is 3.86. The van der Waals surface area contributed by atoms with E-state index >= 15 is 0 Å². The maximum atomic E-state index is 12.0. The summed E-state index contributed by atoms with van der Waals surface area (Å²) in [6.45, 7) is 0.198. The predicted molar refractivity (Wildman–Crippen MR) is 64.1 cm³/mol. The normalized spacial score (nSPS) is 11.6. The zero-order valence-corrected chi connectivity index (χ0v) is 10.3. The Labute approximate surface area is 112 Å². The summed E-state index contributed by atoms with van der Waals surface area (Å²) in [5.41, 5.74) is 0.720. The number of anilines is 1. The van der Waals surface area contributed by atoms with Gasteiger partial charge in [0.05, 0.1) is 13.0 Å². The molecule has 0 spiro atoms. The molecule has 0 saturated carbocycles. The molecule has 1 aromatic carbocycles. The third-order valence-corrected chi connectivity index (χ3v) is 2.45. The largest absolute Gasteiger partial charge is 0.508 e. The van der Waals surface area contributed by atoms with E-state index in [2.05, 4.69) is 15.5 Å². The molecule has 0 amide bonds. The van der Waals surface area contributed by atoms with E-state index in [-0.39, 0.29) is 30.4 Å². The van der Waals surface area contributed by atoms with E-state index in [9.17, 15) is 13.2 Å². The number of phenolic OH excluding ortho intramolecular Hbond substituents is 1. The van der Waals surface area contributed by atoms with Crippen LogP contribution >= 0.6 is 0 Å². The summed E-state index contributed by atoms with van der Waals surface area (Å²) in [7, 11) is 0. The number of aryl methyl sites for hydroxylation is 1. The lowest BCUT2D eigenvalue weighted by molar-refractivity contribution is -0.134. The van der Waals surface area contributed by atoms with Crippen molar-refractivity contribution in [2.24, 2.45) is 0 Å². The SMILES string of the molecule is Oc1ccc(NCc2nc(CCC(F)(F)F)no2)cc1. The molecule has 2 aromatic rings. The van der Waals surface area contributed by atoms with Crippen LogP contribution in [0.2, 0.25) is 0 Å². The molecule has 0 aliphatic heterocycles. The molecule has 0 fully saturated rings. The Morgan fingerprint density at radius 1 is 1.20 bits per heavy atom. The van der Waals surface area contributed by atoms with Crippen molar-refractivity contribution in [2.45, 2.75) is 25.6 Å². The maximum Gasteiger partial charge on any atom is 0.389 e. The molecule has 0 saturated heterocycles. The van der Waals surface area contributed by atoms with Crippen molar-refractivity contribution in [1.82, 2.24) is 10.1 Å². The van der Waals surface area contributed by atoms with Crippen LogP contribution in [0.25, 0.3) is 0 Å². The summed E-state index contributed by atoms with van der Waals surface area (Å²) >= 11 is 0. The average Bonchev–Trinajstić information content (AvgIpc) is 2.83. The fourth-order valence-corrected chi connectivity index (χ4v) is 1.47. The fraction of sp³-hybridized carbons (Fsp3) is 0.333. The second kappa shape index (κ2) is 5.81. The first kappa shape index (κ1) is 14.2. The van der Waals surface area contributed by atoms with Gasteiger partial charge in [-0.25, -0.2) is 0 Å². The van der Waals surface area contributed by atoms with E-state index in [1.54, 1.807) is 12.1 Å². The van der Waals surface area contributed by atoms with Crippen molar-refractivity contribution in [2.75, 3.05) is 5.32 Å². The van der Waals surface area contributed by atoms with Gasteiger partial charge in [-0.3, -0.25) is 0 Å². The van der Waals surface area contributed by atoms with Crippen LogP contribution in [0.5, 0.6) is 5.75 Å². The van der Waals surface area contributed by atoms with Gasteiger partial charge in [0.25, 0.3) is 0 Å². The molecule has 0 bridgehead atoms. The number of hydrogen-bond acceptors (Lipinski definition) is 5. The summed E-state index contributed by atoms with van der Waals surface area (Å²) in [6, 6.07) is 6.31. The van der Waals surface area contributed by atoms with Crippen molar-refractivity contribution in [3.8, 4) is 5.75 Å². The molecular weight excluding hydrogens is 275 g/mol. The van der Waals surface area contributed by atoms with Crippen molar-refractivity contribution in [3.05, 3.63) is 36.0 Å². The first-order valence-electron chi connectivity index (χ1n) is 5.83. The van der Waals surface area contributed by atoms with E-state index in [4.69, 9.17) is 9.63 Å². The van der Waals surface area contributed by atoms with Crippen molar-refractivity contribution in [3.63, 3.8) is 0 Å². The smallest absolute Gasteiger partial charge is 0.389 e. The second-order valence-corrected chi connectivity index (χ2v) is 4.12. The third-order valence-electron chi connectivity index (χ3n) is 2.45. The Morgan fingerprint density at radius 2 is 1.90 bits per heavy atom. The topological polar surface area (TPSA) is 71.2 Å². The highest BCUT2D eigenvalue weighted by Gasteiger charge is 2.27. The van der Waals surface area contributed by atoms with Crippen LogP contribution < -0.4 is 5.32 Å². The number of aromatic hydroxyl groups is 1. The Hall–Kier alpha value is -2.25. The number of nitrogens with one attached hydrogen (secondary N) is 1. The molecule has 0 atom stereocenters. The molecule has 2 rings (SSSR count). The number of rotatable bonds is 5. The molecule has 8 heteroatoms. The molecular formula is C12H12F3N3O2. The zero-order valence-electron chi connectivity index (χ0n) is 10.3. The van der Waals surface area contributed by atoms with Gasteiger partial charge in [0, 0.05) is 12.1 Å². The number of benzene rings is 1. The molecule has 0 radical (unpaired) electrons. The van der Waals surface area contributed by atoms with Gasteiger partial charge < -0.3 is 14.9 Å². The highest BCUT2D eigenvalue weighted by atomic mass is 19.4. The second-order valence-electron chi connectivity index (χ2n) is 4.12. The van der Waals surface area contributed by atoms with Crippen LogP contribution in [0.3, 0.4) is 0 Å². The maximum absolute atomic E-state index is 12.0. The lowest BCUT2D eigenvalue weighted by atomic mass is 10.3. The number of nitrogens with zero attached hydrogens (tertiary/aromatic N) is 2. The average molecular weight is 287 g/mol. The van der Waals surface area contributed by atoms with Gasteiger partial charge in [-0.05, 0) is 24.3 Å². The molecule has 0 aliphatic rings. The number of hydrogen-bond donors (Lipinski definition) is 2. The van der Waals surface area contributed by atoms with Crippen LogP contribution in [0.1, 0.15) is 18.1 Å². The Kier molecular flexibility index (Phi) is 4.11. The van der Waals surface area contributed by atoms with Gasteiger partial charge in [0.2, 0.25) is 5.89 Å². The van der Waals surface area contributed by atoms with Gasteiger partial charge in [0.15, 0.2) is 5.82 Å². The summed E-state index contributed by atoms with van der Waals surface area (Å²) in [5, 5.41) is 15.5. The summed E-state index contributed by atoms with van der Waals surface area (Å²) in [6.07, 6.45) is -5.51. The van der Waals surface area contributed by atoms with Crippen molar-refractivity contribution >= 4 is 5.69 Å². The van der Waals surface area contributed by atoms with Gasteiger partial charge in [-0.15, -0.1) is 0 Å². The van der Waals surface area contributed by atoms with Gasteiger partial charge in [-0.1, -0.05) is 5.16 Å². The molecule has 2 N–H and O–H groups in total. The number of aromatic nitrogens is 2. The van der Waals surface area contributed by atoms with Crippen LogP contribution in [-0.2, 0) is 13.0 Å². The van der Waals surface area contributed by atoms with E-state index in [0.29, 0.717) is 0 Å². The number of phenols is 1. The first-order chi connectivity index (χ1) is 9.42. The lowest BCUT2D eigenvalue weighted by Crippen LogP contribution is -2.09. The Balaban J connectivity index is 1.85. The predicted octanol–water partition coefficient (Wildman–Crippen LogP) is 2.88. The Bertz CT molecular complexity index is 552. The molecule has 1 heterocycles. The molecule has 108 valence electrons. The van der Waals surface area contributed by atoms with Crippen LogP contribution in [0.4, 0.5) is 18.9 Å². The zero-order chi connectivity index (χ0) is 14.6. The minimum Gasteiger partial charge on any atom is -0.508 e. The quantitative estimate of drug-likeness (QED) is 0.827. The third kappa shape index (κ3) is 4.45. The van der Waals surface area contributed by atoms with E-state index in [0.717, 1.165) is 5.69 Å². The highest BCUT2D eigenvalue weighted by Crippen LogP contribution is 2.21. The van der Waals surface area contributed by atoms with Crippen molar-refractivity contribution in [1.29, 1.82) is 0 Å². The molecule has 0 unspecified atom stereocenters. The summed E-state index contributed by atoms with van der Waals surface area (Å²) < 4.78 is 40.9. The van der Waals surface area contributed by atoms with Gasteiger partial charge in [0.1, 0.15) is 5.75 Å². The lowest BCUT2D eigenvalue weighted by Gasteiger charge is -2.03.